The average Bonchev–Trinajstić information content (AvgIpc) is 2.68. The molecule has 0 saturated carbocycles. The molecule has 0 aliphatic heterocycles. The highest BCUT2D eigenvalue weighted by Crippen LogP contribution is 2.40. The average molecular weight is 362 g/mol. The van der Waals surface area contributed by atoms with Gasteiger partial charge in [-0.2, -0.15) is 5.10 Å². The maximum atomic E-state index is 12.2. The molecule has 0 saturated heterocycles. The predicted octanol–water partition coefficient (Wildman–Crippen LogP) is 2.06. The van der Waals surface area contributed by atoms with Gasteiger partial charge >= 0.3 is 5.97 Å². The molecule has 1 aromatic carbocycles. The van der Waals surface area contributed by atoms with Gasteiger partial charge in [0.2, 0.25) is 5.75 Å². The van der Waals surface area contributed by atoms with E-state index in [4.69, 9.17) is 18.9 Å². The second-order valence-electron chi connectivity index (χ2n) is 5.36. The van der Waals surface area contributed by atoms with Crippen LogP contribution in [0.2, 0.25) is 0 Å². The number of nitrogens with zero attached hydrogens (tertiary/aromatic N) is 2. The first-order valence-corrected chi connectivity index (χ1v) is 7.98. The lowest BCUT2D eigenvalue weighted by Crippen LogP contribution is -2.32. The Bertz CT molecular complexity index is 821. The molecule has 0 radical (unpaired) electrons. The molecule has 26 heavy (non-hydrogen) atoms. The number of aromatic nitrogens is 2. The monoisotopic (exact) mass is 362 g/mol. The Kier molecular flexibility index (Phi) is 6.21. The van der Waals surface area contributed by atoms with Crippen molar-refractivity contribution in [3.63, 3.8) is 0 Å². The van der Waals surface area contributed by atoms with Crippen LogP contribution in [0.1, 0.15) is 19.4 Å². The van der Waals surface area contributed by atoms with Crippen LogP contribution in [0.5, 0.6) is 17.2 Å². The molecule has 8 nitrogen and oxygen atoms in total. The quantitative estimate of drug-likeness (QED) is 0.697. The Balaban J connectivity index is 2.61. The van der Waals surface area contributed by atoms with E-state index < -0.39 is 17.6 Å². The SMILES string of the molecule is CC[C@@H](C(=O)OC)n1nc(-c2cc(OC)c(OC)c(OC)c2)ccc1=O. The van der Waals surface area contributed by atoms with E-state index in [1.807, 2.05) is 0 Å². The molecule has 2 aromatic rings. The fourth-order valence-electron chi connectivity index (χ4n) is 2.61. The van der Waals surface area contributed by atoms with Crippen molar-refractivity contribution in [2.24, 2.45) is 0 Å². The Morgan fingerprint density at radius 3 is 2.15 bits per heavy atom. The molecule has 2 rings (SSSR count). The maximum Gasteiger partial charge on any atom is 0.330 e. The van der Waals surface area contributed by atoms with E-state index in [9.17, 15) is 9.59 Å². The maximum absolute atomic E-state index is 12.2. The van der Waals surface area contributed by atoms with Crippen LogP contribution in [-0.4, -0.2) is 44.2 Å². The van der Waals surface area contributed by atoms with Gasteiger partial charge in [-0.15, -0.1) is 0 Å². The number of carbonyl (C=O) groups excluding carboxylic acids is 1. The van der Waals surface area contributed by atoms with Crippen molar-refractivity contribution in [1.82, 2.24) is 9.78 Å². The number of esters is 1. The van der Waals surface area contributed by atoms with E-state index >= 15 is 0 Å². The van der Waals surface area contributed by atoms with Gasteiger partial charge in [0, 0.05) is 11.6 Å². The molecule has 1 atom stereocenters. The largest absolute Gasteiger partial charge is 0.493 e. The number of rotatable bonds is 7. The topological polar surface area (TPSA) is 88.9 Å². The molecule has 1 aromatic heterocycles. The molecule has 8 heteroatoms. The van der Waals surface area contributed by atoms with Crippen LogP contribution in [0.4, 0.5) is 0 Å². The van der Waals surface area contributed by atoms with Crippen molar-refractivity contribution in [3.05, 3.63) is 34.6 Å². The Hall–Kier alpha value is -3.03. The first-order chi connectivity index (χ1) is 12.5. The highest BCUT2D eigenvalue weighted by molar-refractivity contribution is 5.74. The Morgan fingerprint density at radius 2 is 1.69 bits per heavy atom. The number of carbonyl (C=O) groups is 1. The zero-order chi connectivity index (χ0) is 19.3. The summed E-state index contributed by atoms with van der Waals surface area (Å²) in [5, 5.41) is 4.34. The summed E-state index contributed by atoms with van der Waals surface area (Å²) in [5.41, 5.74) is 0.734. The lowest BCUT2D eigenvalue weighted by molar-refractivity contribution is -0.145. The standard InChI is InChI=1S/C18H22N2O6/c1-6-13(18(22)26-5)20-16(21)8-7-12(19-20)11-9-14(23-2)17(25-4)15(10-11)24-3/h7-10,13H,6H2,1-5H3/t13-/m0/s1. The molecule has 1 heterocycles. The summed E-state index contributed by atoms with van der Waals surface area (Å²) in [4.78, 5) is 24.1. The van der Waals surface area contributed by atoms with Crippen molar-refractivity contribution in [2.45, 2.75) is 19.4 Å². The summed E-state index contributed by atoms with van der Waals surface area (Å²) >= 11 is 0. The molecule has 0 amide bonds. The molecule has 0 spiro atoms. The van der Waals surface area contributed by atoms with Gasteiger partial charge in [-0.3, -0.25) is 4.79 Å². The molecule has 0 unspecified atom stereocenters. The van der Waals surface area contributed by atoms with Gasteiger partial charge < -0.3 is 18.9 Å². The van der Waals surface area contributed by atoms with Gasteiger partial charge in [0.05, 0.1) is 34.1 Å². The van der Waals surface area contributed by atoms with Crippen molar-refractivity contribution in [2.75, 3.05) is 28.4 Å². The fourth-order valence-corrected chi connectivity index (χ4v) is 2.61. The Labute approximate surface area is 151 Å². The van der Waals surface area contributed by atoms with E-state index in [0.29, 0.717) is 34.9 Å². The van der Waals surface area contributed by atoms with Gasteiger partial charge in [-0.25, -0.2) is 9.48 Å². The molecule has 0 bridgehead atoms. The van der Waals surface area contributed by atoms with Crippen LogP contribution in [0.25, 0.3) is 11.3 Å². The smallest absolute Gasteiger partial charge is 0.330 e. The summed E-state index contributed by atoms with van der Waals surface area (Å²) in [6.45, 7) is 1.78. The third-order valence-electron chi connectivity index (χ3n) is 3.94. The zero-order valence-electron chi connectivity index (χ0n) is 15.4. The molecule has 0 fully saturated rings. The van der Waals surface area contributed by atoms with E-state index in [1.54, 1.807) is 25.1 Å². The van der Waals surface area contributed by atoms with Gasteiger partial charge in [0.25, 0.3) is 5.56 Å². The van der Waals surface area contributed by atoms with E-state index in [0.717, 1.165) is 4.68 Å². The van der Waals surface area contributed by atoms with Crippen LogP contribution in [0.3, 0.4) is 0 Å². The normalized spacial score (nSPS) is 11.6. The minimum atomic E-state index is -0.797. The van der Waals surface area contributed by atoms with Gasteiger partial charge in [-0.05, 0) is 24.6 Å². The first-order valence-electron chi connectivity index (χ1n) is 7.98. The molecule has 0 aliphatic rings. The van der Waals surface area contributed by atoms with Crippen LogP contribution < -0.4 is 19.8 Å². The lowest BCUT2D eigenvalue weighted by atomic mass is 10.1. The predicted molar refractivity (Wildman–Crippen MR) is 94.9 cm³/mol. The molecular formula is C18H22N2O6. The van der Waals surface area contributed by atoms with Gasteiger partial charge in [0.15, 0.2) is 17.5 Å². The highest BCUT2D eigenvalue weighted by Gasteiger charge is 2.22. The number of hydrogen-bond acceptors (Lipinski definition) is 7. The summed E-state index contributed by atoms with van der Waals surface area (Å²) in [6.07, 6.45) is 0.373. The minimum Gasteiger partial charge on any atom is -0.493 e. The van der Waals surface area contributed by atoms with Crippen LogP contribution in [-0.2, 0) is 9.53 Å². The highest BCUT2D eigenvalue weighted by atomic mass is 16.5. The third-order valence-corrected chi connectivity index (χ3v) is 3.94. The minimum absolute atomic E-state index is 0.373. The summed E-state index contributed by atoms with van der Waals surface area (Å²) in [7, 11) is 5.82. The summed E-state index contributed by atoms with van der Waals surface area (Å²) in [6, 6.07) is 5.57. The second-order valence-corrected chi connectivity index (χ2v) is 5.36. The number of methoxy groups -OCH3 is 4. The van der Waals surface area contributed by atoms with Crippen molar-refractivity contribution >= 4 is 5.97 Å². The van der Waals surface area contributed by atoms with E-state index in [-0.39, 0.29) is 0 Å². The first kappa shape index (κ1) is 19.3. The Morgan fingerprint density at radius 1 is 1.08 bits per heavy atom. The summed E-state index contributed by atoms with van der Waals surface area (Å²) < 4.78 is 21.9. The third kappa shape index (κ3) is 3.63. The van der Waals surface area contributed by atoms with E-state index in [1.165, 1.54) is 34.5 Å². The molecule has 0 aliphatic carbocycles. The number of benzene rings is 1. The van der Waals surface area contributed by atoms with Crippen molar-refractivity contribution in [3.8, 4) is 28.5 Å². The van der Waals surface area contributed by atoms with Gasteiger partial charge in [0.1, 0.15) is 0 Å². The zero-order valence-corrected chi connectivity index (χ0v) is 15.4. The molecular weight excluding hydrogens is 340 g/mol. The molecule has 140 valence electrons. The van der Waals surface area contributed by atoms with Crippen LogP contribution in [0.15, 0.2) is 29.1 Å². The van der Waals surface area contributed by atoms with Crippen molar-refractivity contribution < 1.29 is 23.7 Å². The summed E-state index contributed by atoms with van der Waals surface area (Å²) in [5.74, 6) is 0.847. The fraction of sp³-hybridized carbons (Fsp3) is 0.389. The van der Waals surface area contributed by atoms with Crippen LogP contribution in [0, 0.1) is 0 Å². The number of hydrogen-bond donors (Lipinski definition) is 0. The van der Waals surface area contributed by atoms with Crippen LogP contribution >= 0.6 is 0 Å². The second kappa shape index (κ2) is 8.37. The lowest BCUT2D eigenvalue weighted by Gasteiger charge is -2.17. The molecule has 0 N–H and O–H groups in total. The van der Waals surface area contributed by atoms with E-state index in [2.05, 4.69) is 5.10 Å². The number of ether oxygens (including phenoxy) is 4. The van der Waals surface area contributed by atoms with Crippen molar-refractivity contribution in [1.29, 1.82) is 0 Å². The van der Waals surface area contributed by atoms with Gasteiger partial charge in [-0.1, -0.05) is 6.92 Å².